The zero-order chi connectivity index (χ0) is 13.3. The van der Waals surface area contributed by atoms with Crippen molar-refractivity contribution >= 4 is 23.2 Å². The van der Waals surface area contributed by atoms with Gasteiger partial charge in [-0.25, -0.2) is 0 Å². The van der Waals surface area contributed by atoms with Gasteiger partial charge in [-0.1, -0.05) is 36.0 Å². The first-order valence-corrected chi connectivity index (χ1v) is 7.03. The van der Waals surface area contributed by atoms with Crippen LogP contribution < -0.4 is 0 Å². The van der Waals surface area contributed by atoms with Crippen molar-refractivity contribution in [3.63, 3.8) is 0 Å². The number of hydrogen-bond donors (Lipinski definition) is 1. The molecule has 4 heteroatoms. The van der Waals surface area contributed by atoms with Gasteiger partial charge in [-0.3, -0.25) is 0 Å². The van der Waals surface area contributed by atoms with Crippen LogP contribution in [0.25, 0.3) is 0 Å². The molecule has 1 saturated carbocycles. The number of likely N-dealkylation sites (N-methyl/N-ethyl adjacent to an activating group) is 1. The summed E-state index contributed by atoms with van der Waals surface area (Å²) in [5.74, 6) is 0. The Kier molecular flexibility index (Phi) is 4.22. The molecule has 1 unspecified atom stereocenters. The van der Waals surface area contributed by atoms with Crippen LogP contribution in [-0.4, -0.2) is 29.6 Å². The number of rotatable bonds is 3. The van der Waals surface area contributed by atoms with Crippen LogP contribution in [-0.2, 0) is 0 Å². The van der Waals surface area contributed by atoms with Gasteiger partial charge in [-0.15, -0.1) is 0 Å². The molecule has 2 nitrogen and oxygen atoms in total. The molecule has 1 aromatic carbocycles. The number of aliphatic hydroxyl groups is 1. The summed E-state index contributed by atoms with van der Waals surface area (Å²) in [4.78, 5) is 2.13. The lowest BCUT2D eigenvalue weighted by Gasteiger charge is -2.41. The summed E-state index contributed by atoms with van der Waals surface area (Å²) in [6, 6.07) is 5.27. The number of aliphatic hydroxyl groups excluding tert-OH is 1. The van der Waals surface area contributed by atoms with Gasteiger partial charge < -0.3 is 10.0 Å². The monoisotopic (exact) mass is 287 g/mol. The predicted octanol–water partition coefficient (Wildman–Crippen LogP) is 3.90. The van der Waals surface area contributed by atoms with Crippen molar-refractivity contribution in [1.29, 1.82) is 0 Å². The lowest BCUT2D eigenvalue weighted by atomic mass is 9.85. The lowest BCUT2D eigenvalue weighted by Crippen LogP contribution is -2.47. The number of hydrogen-bond acceptors (Lipinski definition) is 2. The average molecular weight is 288 g/mol. The molecule has 0 spiro atoms. The third kappa shape index (κ3) is 2.39. The Balaban J connectivity index is 2.39. The van der Waals surface area contributed by atoms with E-state index in [4.69, 9.17) is 23.2 Å². The highest BCUT2D eigenvalue weighted by molar-refractivity contribution is 6.33. The van der Waals surface area contributed by atoms with Gasteiger partial charge in [0.1, 0.15) is 0 Å². The van der Waals surface area contributed by atoms with Crippen molar-refractivity contribution in [2.45, 2.75) is 37.3 Å². The molecule has 0 aromatic heterocycles. The quantitative estimate of drug-likeness (QED) is 0.911. The average Bonchev–Trinajstić information content (AvgIpc) is 2.82. The molecular weight excluding hydrogens is 269 g/mol. The van der Waals surface area contributed by atoms with Crippen LogP contribution in [0.3, 0.4) is 0 Å². The summed E-state index contributed by atoms with van der Waals surface area (Å²) >= 11 is 12.2. The summed E-state index contributed by atoms with van der Waals surface area (Å²) in [5, 5.41) is 12.0. The maximum Gasteiger partial charge on any atom is 0.0988 e. The molecule has 0 bridgehead atoms. The molecule has 1 aliphatic rings. The Morgan fingerprint density at radius 2 is 1.83 bits per heavy atom. The van der Waals surface area contributed by atoms with Crippen LogP contribution in [0.15, 0.2) is 18.2 Å². The normalized spacial score (nSPS) is 20.3. The maximum atomic E-state index is 10.8. The third-order valence-corrected chi connectivity index (χ3v) is 4.70. The Labute approximate surface area is 119 Å². The second-order valence-corrected chi connectivity index (χ2v) is 6.12. The predicted molar refractivity (Wildman–Crippen MR) is 76.3 cm³/mol. The van der Waals surface area contributed by atoms with Gasteiger partial charge in [0.2, 0.25) is 0 Å². The van der Waals surface area contributed by atoms with Gasteiger partial charge in [-0.05, 0) is 45.1 Å². The largest absolute Gasteiger partial charge is 0.386 e. The minimum Gasteiger partial charge on any atom is -0.386 e. The highest BCUT2D eigenvalue weighted by atomic mass is 35.5. The van der Waals surface area contributed by atoms with Crippen LogP contribution in [0.4, 0.5) is 0 Å². The van der Waals surface area contributed by atoms with Crippen molar-refractivity contribution in [2.24, 2.45) is 0 Å². The van der Waals surface area contributed by atoms with Gasteiger partial charge in [0.05, 0.1) is 11.6 Å². The molecule has 1 aromatic rings. The van der Waals surface area contributed by atoms with Crippen molar-refractivity contribution in [3.05, 3.63) is 33.8 Å². The van der Waals surface area contributed by atoms with Crippen LogP contribution in [0.2, 0.25) is 10.0 Å². The fraction of sp³-hybridized carbons (Fsp3) is 0.571. The highest BCUT2D eigenvalue weighted by Gasteiger charge is 2.43. The second kappa shape index (κ2) is 5.38. The molecule has 100 valence electrons. The van der Waals surface area contributed by atoms with Crippen LogP contribution in [0.5, 0.6) is 0 Å². The Bertz CT molecular complexity index is 428. The molecule has 1 atom stereocenters. The fourth-order valence-electron chi connectivity index (χ4n) is 2.97. The Morgan fingerprint density at radius 3 is 2.39 bits per heavy atom. The molecule has 2 rings (SSSR count). The van der Waals surface area contributed by atoms with Gasteiger partial charge in [0.15, 0.2) is 0 Å². The minimum atomic E-state index is -0.596. The van der Waals surface area contributed by atoms with E-state index in [-0.39, 0.29) is 5.54 Å². The fourth-order valence-corrected chi connectivity index (χ4v) is 3.37. The number of nitrogens with zero attached hydrogens (tertiary/aromatic N) is 1. The highest BCUT2D eigenvalue weighted by Crippen LogP contribution is 2.45. The third-order valence-electron chi connectivity index (χ3n) is 4.12. The van der Waals surface area contributed by atoms with E-state index in [0.717, 1.165) is 31.2 Å². The Morgan fingerprint density at radius 1 is 1.22 bits per heavy atom. The summed E-state index contributed by atoms with van der Waals surface area (Å²) in [7, 11) is 4.04. The summed E-state index contributed by atoms with van der Waals surface area (Å²) in [6.45, 7) is 0. The molecule has 1 aliphatic carbocycles. The second-order valence-electron chi connectivity index (χ2n) is 5.27. The van der Waals surface area contributed by atoms with E-state index in [0.29, 0.717) is 10.0 Å². The van der Waals surface area contributed by atoms with E-state index in [2.05, 4.69) is 4.90 Å². The summed E-state index contributed by atoms with van der Waals surface area (Å²) in [5.41, 5.74) is 0.522. The van der Waals surface area contributed by atoms with E-state index < -0.39 is 6.10 Å². The molecule has 0 radical (unpaired) electrons. The van der Waals surface area contributed by atoms with E-state index in [1.807, 2.05) is 14.1 Å². The number of halogens is 2. The first-order chi connectivity index (χ1) is 8.47. The van der Waals surface area contributed by atoms with Gasteiger partial charge in [0, 0.05) is 15.6 Å². The number of benzene rings is 1. The summed E-state index contributed by atoms with van der Waals surface area (Å²) < 4.78 is 0. The molecule has 0 heterocycles. The SMILES string of the molecule is CN(C)C1(C(O)c2cc(Cl)ccc2Cl)CCCC1. The first-order valence-electron chi connectivity index (χ1n) is 6.28. The van der Waals surface area contributed by atoms with E-state index in [9.17, 15) is 5.11 Å². The lowest BCUT2D eigenvalue weighted by molar-refractivity contribution is -0.00468. The zero-order valence-corrected chi connectivity index (χ0v) is 12.3. The zero-order valence-electron chi connectivity index (χ0n) is 10.8. The van der Waals surface area contributed by atoms with Crippen molar-refractivity contribution < 1.29 is 5.11 Å². The topological polar surface area (TPSA) is 23.5 Å². The maximum absolute atomic E-state index is 10.8. The van der Waals surface area contributed by atoms with Crippen LogP contribution in [0, 0.1) is 0 Å². The molecule has 0 saturated heterocycles. The molecule has 18 heavy (non-hydrogen) atoms. The van der Waals surface area contributed by atoms with E-state index >= 15 is 0 Å². The standard InChI is InChI=1S/C14H19Cl2NO/c1-17(2)14(7-3-4-8-14)13(18)11-9-10(15)5-6-12(11)16/h5-6,9,13,18H,3-4,7-8H2,1-2H3. The Hall–Kier alpha value is -0.280. The van der Waals surface area contributed by atoms with Crippen LogP contribution in [0.1, 0.15) is 37.4 Å². The van der Waals surface area contributed by atoms with Gasteiger partial charge >= 0.3 is 0 Å². The van der Waals surface area contributed by atoms with Crippen molar-refractivity contribution in [2.75, 3.05) is 14.1 Å². The first kappa shape index (κ1) is 14.1. The van der Waals surface area contributed by atoms with Gasteiger partial charge in [0.25, 0.3) is 0 Å². The van der Waals surface area contributed by atoms with Gasteiger partial charge in [-0.2, -0.15) is 0 Å². The minimum absolute atomic E-state index is 0.214. The molecule has 1 N–H and O–H groups in total. The smallest absolute Gasteiger partial charge is 0.0988 e. The molecule has 0 aliphatic heterocycles. The van der Waals surface area contributed by atoms with Crippen molar-refractivity contribution in [1.82, 2.24) is 4.90 Å². The molecular formula is C14H19Cl2NO. The van der Waals surface area contributed by atoms with E-state index in [1.54, 1.807) is 18.2 Å². The van der Waals surface area contributed by atoms with E-state index in [1.165, 1.54) is 0 Å². The molecule has 1 fully saturated rings. The molecule has 0 amide bonds. The van der Waals surface area contributed by atoms with Crippen LogP contribution >= 0.6 is 23.2 Å². The summed E-state index contributed by atoms with van der Waals surface area (Å²) in [6.07, 6.45) is 3.68. The van der Waals surface area contributed by atoms with Crippen molar-refractivity contribution in [3.8, 4) is 0 Å².